The molecule has 2 rings (SSSR count). The molecule has 1 atom stereocenters. The molecule has 0 radical (unpaired) electrons. The first kappa shape index (κ1) is 21.0. The molecule has 0 aliphatic rings. The number of nitrogens with two attached hydrogens (primary N) is 1. The van der Waals surface area contributed by atoms with Crippen molar-refractivity contribution in [2.75, 3.05) is 6.54 Å². The quantitative estimate of drug-likeness (QED) is 0.710. The van der Waals surface area contributed by atoms with E-state index in [0.717, 1.165) is 30.6 Å². The lowest BCUT2D eigenvalue weighted by Crippen LogP contribution is -2.40. The van der Waals surface area contributed by atoms with Gasteiger partial charge in [-0.25, -0.2) is 0 Å². The van der Waals surface area contributed by atoms with Crippen LogP contribution in [0.4, 0.5) is 0 Å². The Morgan fingerprint density at radius 2 is 1.80 bits per heavy atom. The van der Waals surface area contributed by atoms with E-state index in [1.54, 1.807) is 0 Å². The fourth-order valence-electron chi connectivity index (χ4n) is 2.51. The van der Waals surface area contributed by atoms with Gasteiger partial charge in [-0.3, -0.25) is 4.79 Å². The molecule has 25 heavy (non-hydrogen) atoms. The van der Waals surface area contributed by atoms with Crippen LogP contribution in [-0.2, 0) is 6.61 Å². The lowest BCUT2D eigenvalue weighted by molar-refractivity contribution is 0.0933. The second-order valence-electron chi connectivity index (χ2n) is 5.81. The van der Waals surface area contributed by atoms with E-state index in [-0.39, 0.29) is 24.4 Å². The number of amides is 1. The highest BCUT2D eigenvalue weighted by molar-refractivity contribution is 5.95. The van der Waals surface area contributed by atoms with Crippen molar-refractivity contribution in [3.63, 3.8) is 0 Å². The van der Waals surface area contributed by atoms with Crippen LogP contribution in [0.1, 0.15) is 42.1 Å². The van der Waals surface area contributed by atoms with Crippen LogP contribution in [0.3, 0.4) is 0 Å². The SMILES string of the molecule is CCCCC(CN)NC(=O)c1ccccc1COc1ccccc1.Cl. The van der Waals surface area contributed by atoms with E-state index in [0.29, 0.717) is 18.7 Å². The van der Waals surface area contributed by atoms with Crippen LogP contribution >= 0.6 is 12.4 Å². The number of hydrogen-bond donors (Lipinski definition) is 2. The van der Waals surface area contributed by atoms with Crippen molar-refractivity contribution in [1.29, 1.82) is 0 Å². The van der Waals surface area contributed by atoms with Gasteiger partial charge in [-0.05, 0) is 24.6 Å². The van der Waals surface area contributed by atoms with Gasteiger partial charge in [0.1, 0.15) is 12.4 Å². The van der Waals surface area contributed by atoms with Gasteiger partial charge in [-0.1, -0.05) is 56.2 Å². The summed E-state index contributed by atoms with van der Waals surface area (Å²) >= 11 is 0. The smallest absolute Gasteiger partial charge is 0.251 e. The molecule has 2 aromatic carbocycles. The van der Waals surface area contributed by atoms with E-state index in [1.807, 2.05) is 54.6 Å². The lowest BCUT2D eigenvalue weighted by atomic mass is 10.1. The summed E-state index contributed by atoms with van der Waals surface area (Å²) < 4.78 is 5.77. The van der Waals surface area contributed by atoms with Crippen molar-refractivity contribution < 1.29 is 9.53 Å². The minimum atomic E-state index is -0.0891. The summed E-state index contributed by atoms with van der Waals surface area (Å²) in [4.78, 5) is 12.6. The van der Waals surface area contributed by atoms with Crippen molar-refractivity contribution in [2.45, 2.75) is 38.8 Å². The van der Waals surface area contributed by atoms with E-state index in [1.165, 1.54) is 0 Å². The van der Waals surface area contributed by atoms with Crippen LogP contribution in [0.2, 0.25) is 0 Å². The molecule has 0 aliphatic heterocycles. The number of carbonyl (C=O) groups excluding carboxylic acids is 1. The summed E-state index contributed by atoms with van der Waals surface area (Å²) in [6.07, 6.45) is 3.05. The van der Waals surface area contributed by atoms with Crippen LogP contribution < -0.4 is 15.8 Å². The van der Waals surface area contributed by atoms with Crippen molar-refractivity contribution in [2.24, 2.45) is 5.73 Å². The molecule has 0 spiro atoms. The van der Waals surface area contributed by atoms with Gasteiger partial charge < -0.3 is 15.8 Å². The van der Waals surface area contributed by atoms with Gasteiger partial charge in [0.05, 0.1) is 0 Å². The molecule has 2 aromatic rings. The Morgan fingerprint density at radius 3 is 2.48 bits per heavy atom. The molecular weight excluding hydrogens is 336 g/mol. The van der Waals surface area contributed by atoms with Gasteiger partial charge in [0.15, 0.2) is 0 Å². The molecule has 4 nitrogen and oxygen atoms in total. The summed E-state index contributed by atoms with van der Waals surface area (Å²) in [5.74, 6) is 0.698. The fraction of sp³-hybridized carbons (Fsp3) is 0.350. The number of rotatable bonds is 9. The Labute approximate surface area is 156 Å². The minimum absolute atomic E-state index is 0. The van der Waals surface area contributed by atoms with Crippen molar-refractivity contribution in [3.8, 4) is 5.75 Å². The maximum absolute atomic E-state index is 12.6. The maximum atomic E-state index is 12.6. The predicted molar refractivity (Wildman–Crippen MR) is 104 cm³/mol. The molecule has 0 fully saturated rings. The maximum Gasteiger partial charge on any atom is 0.251 e. The molecule has 3 N–H and O–H groups in total. The second kappa shape index (κ2) is 11.5. The van der Waals surface area contributed by atoms with E-state index in [9.17, 15) is 4.79 Å². The average molecular weight is 363 g/mol. The topological polar surface area (TPSA) is 64.3 Å². The largest absolute Gasteiger partial charge is 0.489 e. The Bertz CT molecular complexity index is 635. The monoisotopic (exact) mass is 362 g/mol. The molecule has 0 aromatic heterocycles. The Kier molecular flexibility index (Phi) is 9.66. The number of unbranched alkanes of at least 4 members (excludes halogenated alkanes) is 1. The normalized spacial score (nSPS) is 11.3. The Morgan fingerprint density at radius 1 is 1.12 bits per heavy atom. The van der Waals surface area contributed by atoms with Crippen molar-refractivity contribution >= 4 is 18.3 Å². The first-order chi connectivity index (χ1) is 11.7. The summed E-state index contributed by atoms with van der Waals surface area (Å²) in [5, 5.41) is 3.04. The number of hydrogen-bond acceptors (Lipinski definition) is 3. The fourth-order valence-corrected chi connectivity index (χ4v) is 2.51. The highest BCUT2D eigenvalue weighted by Gasteiger charge is 2.15. The number of benzene rings is 2. The van der Waals surface area contributed by atoms with Crippen LogP contribution in [0, 0.1) is 0 Å². The van der Waals surface area contributed by atoms with Gasteiger partial charge in [-0.15, -0.1) is 12.4 Å². The molecule has 136 valence electrons. The molecule has 0 saturated heterocycles. The van der Waals surface area contributed by atoms with Gasteiger partial charge in [0.2, 0.25) is 0 Å². The zero-order valence-corrected chi connectivity index (χ0v) is 15.4. The van der Waals surface area contributed by atoms with Gasteiger partial charge in [-0.2, -0.15) is 0 Å². The number of halogens is 1. The van der Waals surface area contributed by atoms with Crippen LogP contribution in [0.25, 0.3) is 0 Å². The predicted octanol–water partition coefficient (Wildman–Crippen LogP) is 3.93. The van der Waals surface area contributed by atoms with Crippen LogP contribution in [-0.4, -0.2) is 18.5 Å². The lowest BCUT2D eigenvalue weighted by Gasteiger charge is -2.18. The standard InChI is InChI=1S/C20H26N2O2.ClH/c1-2-3-10-17(14-21)22-20(23)19-13-8-7-9-16(19)15-24-18-11-5-4-6-12-18;/h4-9,11-13,17H,2-3,10,14-15,21H2,1H3,(H,22,23);1H. The van der Waals surface area contributed by atoms with E-state index in [2.05, 4.69) is 12.2 Å². The number of nitrogens with one attached hydrogen (secondary N) is 1. The molecule has 5 heteroatoms. The van der Waals surface area contributed by atoms with E-state index >= 15 is 0 Å². The van der Waals surface area contributed by atoms with Gasteiger partial charge in [0, 0.05) is 23.7 Å². The molecular formula is C20H27ClN2O2. The number of para-hydroxylation sites is 1. The first-order valence-electron chi connectivity index (χ1n) is 8.51. The summed E-state index contributed by atoms with van der Waals surface area (Å²) in [7, 11) is 0. The highest BCUT2D eigenvalue weighted by atomic mass is 35.5. The molecule has 0 bridgehead atoms. The molecule has 1 amide bonds. The highest BCUT2D eigenvalue weighted by Crippen LogP contribution is 2.15. The minimum Gasteiger partial charge on any atom is -0.489 e. The average Bonchev–Trinajstić information content (AvgIpc) is 2.64. The second-order valence-corrected chi connectivity index (χ2v) is 5.81. The number of carbonyl (C=O) groups is 1. The zero-order valence-electron chi connectivity index (χ0n) is 14.6. The molecule has 0 aliphatic carbocycles. The third kappa shape index (κ3) is 6.77. The third-order valence-electron chi connectivity index (χ3n) is 3.93. The van der Waals surface area contributed by atoms with Crippen LogP contribution in [0.5, 0.6) is 5.75 Å². The van der Waals surface area contributed by atoms with Crippen molar-refractivity contribution in [3.05, 3.63) is 65.7 Å². The zero-order chi connectivity index (χ0) is 17.2. The molecule has 1 unspecified atom stereocenters. The molecule has 0 saturated carbocycles. The van der Waals surface area contributed by atoms with Gasteiger partial charge in [0.25, 0.3) is 5.91 Å². The summed E-state index contributed by atoms with van der Waals surface area (Å²) in [6, 6.07) is 17.1. The summed E-state index contributed by atoms with van der Waals surface area (Å²) in [5.41, 5.74) is 7.28. The van der Waals surface area contributed by atoms with Crippen molar-refractivity contribution in [1.82, 2.24) is 5.32 Å². The first-order valence-corrected chi connectivity index (χ1v) is 8.51. The van der Waals surface area contributed by atoms with E-state index in [4.69, 9.17) is 10.5 Å². The van der Waals surface area contributed by atoms with E-state index < -0.39 is 0 Å². The molecule has 0 heterocycles. The van der Waals surface area contributed by atoms with Gasteiger partial charge >= 0.3 is 0 Å². The Hall–Kier alpha value is -2.04. The van der Waals surface area contributed by atoms with Crippen LogP contribution in [0.15, 0.2) is 54.6 Å². The Balaban J connectivity index is 0.00000312. The third-order valence-corrected chi connectivity index (χ3v) is 3.93. The summed E-state index contributed by atoms with van der Waals surface area (Å²) in [6.45, 7) is 2.94. The number of ether oxygens (including phenoxy) is 1.